The van der Waals surface area contributed by atoms with Gasteiger partial charge in [0.25, 0.3) is 5.56 Å². The van der Waals surface area contributed by atoms with Crippen LogP contribution in [-0.4, -0.2) is 45.2 Å². The lowest BCUT2D eigenvalue weighted by Crippen LogP contribution is -2.40. The number of hydrogen-bond acceptors (Lipinski definition) is 6. The topological polar surface area (TPSA) is 77.2 Å². The Balaban J connectivity index is 1.69. The summed E-state index contributed by atoms with van der Waals surface area (Å²) in [5.41, 5.74) is 2.79. The number of rotatable bonds is 4. The number of aliphatic hydroxyl groups excluding tert-OH is 1. The van der Waals surface area contributed by atoms with Gasteiger partial charge in [0, 0.05) is 18.0 Å². The highest BCUT2D eigenvalue weighted by Crippen LogP contribution is 2.25. The highest BCUT2D eigenvalue weighted by atomic mass is 79.9. The summed E-state index contributed by atoms with van der Waals surface area (Å²) in [7, 11) is 0. The number of hydrogen-bond donors (Lipinski definition) is 1. The molecule has 1 N–H and O–H groups in total. The summed E-state index contributed by atoms with van der Waals surface area (Å²) in [6.07, 6.45) is 11.5. The van der Waals surface area contributed by atoms with Crippen LogP contribution in [-0.2, 0) is 11.2 Å². The van der Waals surface area contributed by atoms with Crippen LogP contribution in [0, 0.1) is 5.92 Å². The summed E-state index contributed by atoms with van der Waals surface area (Å²) in [5.74, 6) is 0.426. The molecule has 33 heavy (non-hydrogen) atoms. The standard InChI is InChI=1S/C25H26BrN3O3S/c1-14-3-4-17-18(7-14)16(8-15-9-20(26)24(33-2)27-11-15)10-19-23(17)28-13-29(25(19)31)21-5-6-32-12-22(21)30/h4,7,9-11,13-14,21-22,30H,3,5-6,8,12H2,1-2H3/t14-,21+,22+/m1/s1. The van der Waals surface area contributed by atoms with Gasteiger partial charge in [-0.2, -0.15) is 0 Å². The van der Waals surface area contributed by atoms with Crippen molar-refractivity contribution in [1.29, 1.82) is 0 Å². The normalized spacial score (nSPS) is 22.5. The summed E-state index contributed by atoms with van der Waals surface area (Å²) in [6, 6.07) is 3.77. The maximum Gasteiger partial charge on any atom is 0.261 e. The number of aliphatic hydroxyl groups is 1. The largest absolute Gasteiger partial charge is 0.389 e. The average Bonchev–Trinajstić information content (AvgIpc) is 2.80. The predicted octanol–water partition coefficient (Wildman–Crippen LogP) is 2.79. The van der Waals surface area contributed by atoms with Gasteiger partial charge in [-0.1, -0.05) is 19.1 Å². The Morgan fingerprint density at radius 1 is 1.30 bits per heavy atom. The van der Waals surface area contributed by atoms with Crippen molar-refractivity contribution >= 4 is 50.7 Å². The van der Waals surface area contributed by atoms with E-state index in [0.717, 1.165) is 43.0 Å². The zero-order valence-electron chi connectivity index (χ0n) is 18.6. The highest BCUT2D eigenvalue weighted by Gasteiger charge is 2.27. The lowest BCUT2D eigenvalue weighted by Gasteiger charge is -2.29. The molecule has 3 heterocycles. The molecule has 1 fully saturated rings. The Morgan fingerprint density at radius 2 is 2.15 bits per heavy atom. The van der Waals surface area contributed by atoms with Crippen LogP contribution >= 0.6 is 27.7 Å². The van der Waals surface area contributed by atoms with Crippen LogP contribution in [0.4, 0.5) is 0 Å². The fraction of sp³-hybridized carbons (Fsp3) is 0.400. The molecule has 0 unspecified atom stereocenters. The zero-order valence-corrected chi connectivity index (χ0v) is 21.0. The van der Waals surface area contributed by atoms with Crippen molar-refractivity contribution in [2.75, 3.05) is 19.5 Å². The molecule has 0 amide bonds. The highest BCUT2D eigenvalue weighted by molar-refractivity contribution is 9.10. The van der Waals surface area contributed by atoms with Crippen molar-refractivity contribution in [3.05, 3.63) is 61.0 Å². The molecule has 0 bridgehead atoms. The number of fused-ring (bicyclic) bond motifs is 3. The number of ether oxygens (including phenoxy) is 1. The van der Waals surface area contributed by atoms with Gasteiger partial charge in [-0.3, -0.25) is 9.36 Å². The molecule has 0 saturated carbocycles. The van der Waals surface area contributed by atoms with Crippen molar-refractivity contribution < 1.29 is 9.84 Å². The first-order valence-corrected chi connectivity index (χ1v) is 13.2. The summed E-state index contributed by atoms with van der Waals surface area (Å²) in [5, 5.41) is 14.2. The first-order valence-electron chi connectivity index (χ1n) is 11.1. The molecular formula is C25H26BrN3O3S. The Hall–Kier alpha value is -2.00. The minimum atomic E-state index is -0.716. The third-order valence-electron chi connectivity index (χ3n) is 6.49. The van der Waals surface area contributed by atoms with Crippen molar-refractivity contribution in [3.63, 3.8) is 0 Å². The average molecular weight is 528 g/mol. The lowest BCUT2D eigenvalue weighted by atomic mass is 9.92. The fourth-order valence-electron chi connectivity index (χ4n) is 4.79. The number of pyridine rings is 1. The molecule has 3 aromatic rings. The molecule has 1 aliphatic heterocycles. The second kappa shape index (κ2) is 9.33. The smallest absolute Gasteiger partial charge is 0.261 e. The summed E-state index contributed by atoms with van der Waals surface area (Å²) in [6.45, 7) is 2.96. The molecule has 8 heteroatoms. The summed E-state index contributed by atoms with van der Waals surface area (Å²) in [4.78, 5) is 22.9. The molecule has 172 valence electrons. The molecule has 1 aromatic carbocycles. The molecule has 0 spiro atoms. The van der Waals surface area contributed by atoms with E-state index in [2.05, 4.69) is 46.1 Å². The molecule has 0 radical (unpaired) electrons. The zero-order chi connectivity index (χ0) is 23.1. The SMILES string of the molecule is CSc1ncc(Cc2cc3c(=O)n([C@H]4CCOC[C@@H]4O)cnc3c3c2=C[C@H](C)CC=3)cc1Br. The molecule has 5 rings (SSSR count). The number of benzene rings is 1. The molecule has 2 aliphatic rings. The van der Waals surface area contributed by atoms with Crippen molar-refractivity contribution in [2.45, 2.75) is 43.4 Å². The first-order chi connectivity index (χ1) is 16.0. The third kappa shape index (κ3) is 4.30. The van der Waals surface area contributed by atoms with Crippen LogP contribution in [0.25, 0.3) is 23.1 Å². The van der Waals surface area contributed by atoms with Gasteiger partial charge < -0.3 is 9.84 Å². The van der Waals surface area contributed by atoms with E-state index in [1.807, 2.05) is 18.5 Å². The van der Waals surface area contributed by atoms with Crippen molar-refractivity contribution in [3.8, 4) is 0 Å². The number of halogens is 1. The van der Waals surface area contributed by atoms with Gasteiger partial charge in [0.1, 0.15) is 5.03 Å². The van der Waals surface area contributed by atoms with Crippen molar-refractivity contribution in [2.24, 2.45) is 5.92 Å². The van der Waals surface area contributed by atoms with Crippen LogP contribution in [0.15, 0.2) is 39.0 Å². The Kier molecular flexibility index (Phi) is 6.44. The minimum Gasteiger partial charge on any atom is -0.389 e. The van der Waals surface area contributed by atoms with Gasteiger partial charge in [-0.05, 0) is 75.8 Å². The van der Waals surface area contributed by atoms with Gasteiger partial charge >= 0.3 is 0 Å². The lowest BCUT2D eigenvalue weighted by molar-refractivity contribution is -0.0395. The quantitative estimate of drug-likeness (QED) is 0.525. The van der Waals surface area contributed by atoms with Crippen LogP contribution in [0.5, 0.6) is 0 Å². The predicted molar refractivity (Wildman–Crippen MR) is 135 cm³/mol. The number of aromatic nitrogens is 3. The summed E-state index contributed by atoms with van der Waals surface area (Å²) >= 11 is 5.22. The van der Waals surface area contributed by atoms with Crippen LogP contribution < -0.4 is 16.0 Å². The Morgan fingerprint density at radius 3 is 2.91 bits per heavy atom. The third-order valence-corrected chi connectivity index (χ3v) is 8.06. The van der Waals surface area contributed by atoms with Crippen LogP contribution in [0.3, 0.4) is 0 Å². The van der Waals surface area contributed by atoms with Gasteiger partial charge in [0.05, 0.1) is 40.5 Å². The Labute approximate surface area is 204 Å². The maximum atomic E-state index is 13.6. The summed E-state index contributed by atoms with van der Waals surface area (Å²) < 4.78 is 7.92. The van der Waals surface area contributed by atoms with Gasteiger partial charge in [-0.15, -0.1) is 11.8 Å². The van der Waals surface area contributed by atoms with E-state index in [-0.39, 0.29) is 18.2 Å². The number of nitrogens with zero attached hydrogens (tertiary/aromatic N) is 3. The molecule has 2 aromatic heterocycles. The van der Waals surface area contributed by atoms with E-state index in [4.69, 9.17) is 9.72 Å². The van der Waals surface area contributed by atoms with E-state index in [1.165, 1.54) is 0 Å². The second-order valence-corrected chi connectivity index (χ2v) is 10.5. The van der Waals surface area contributed by atoms with E-state index in [0.29, 0.717) is 30.8 Å². The first kappa shape index (κ1) is 22.8. The van der Waals surface area contributed by atoms with Crippen LogP contribution in [0.2, 0.25) is 0 Å². The van der Waals surface area contributed by atoms with Crippen LogP contribution in [0.1, 0.15) is 36.9 Å². The second-order valence-electron chi connectivity index (χ2n) is 8.81. The van der Waals surface area contributed by atoms with E-state index >= 15 is 0 Å². The minimum absolute atomic E-state index is 0.112. The van der Waals surface area contributed by atoms with Gasteiger partial charge in [0.15, 0.2) is 0 Å². The molecule has 3 atom stereocenters. The molecule has 1 aliphatic carbocycles. The Bertz CT molecular complexity index is 1400. The van der Waals surface area contributed by atoms with E-state index in [9.17, 15) is 9.90 Å². The maximum absolute atomic E-state index is 13.6. The van der Waals surface area contributed by atoms with Crippen molar-refractivity contribution in [1.82, 2.24) is 14.5 Å². The molecular weight excluding hydrogens is 502 g/mol. The fourth-order valence-corrected chi connectivity index (χ4v) is 6.08. The number of thioether (sulfide) groups is 1. The van der Waals surface area contributed by atoms with Gasteiger partial charge in [-0.25, -0.2) is 9.97 Å². The molecule has 1 saturated heterocycles. The monoisotopic (exact) mass is 527 g/mol. The van der Waals surface area contributed by atoms with E-state index < -0.39 is 6.10 Å². The molecule has 6 nitrogen and oxygen atoms in total. The van der Waals surface area contributed by atoms with Gasteiger partial charge in [0.2, 0.25) is 0 Å². The van der Waals surface area contributed by atoms with E-state index in [1.54, 1.807) is 22.7 Å².